The van der Waals surface area contributed by atoms with E-state index in [1.165, 1.54) is 4.88 Å². The zero-order valence-electron chi connectivity index (χ0n) is 7.77. The number of hydrogen-bond donors (Lipinski definition) is 0. The number of rotatable bonds is 3. The van der Waals surface area contributed by atoms with Gasteiger partial charge in [0, 0.05) is 11.4 Å². The molecule has 0 radical (unpaired) electrons. The molecule has 0 atom stereocenters. The van der Waals surface area contributed by atoms with Crippen molar-refractivity contribution >= 4 is 22.9 Å². The summed E-state index contributed by atoms with van der Waals surface area (Å²) in [7, 11) is 0. The predicted molar refractivity (Wildman–Crippen MR) is 57.8 cm³/mol. The first kappa shape index (κ1) is 9.68. The molecule has 0 aromatic carbocycles. The second-order valence-electron chi connectivity index (χ2n) is 3.00. The Balaban J connectivity index is 2.05. The van der Waals surface area contributed by atoms with Crippen LogP contribution in [0, 0.1) is 6.92 Å². The average molecular weight is 228 g/mol. The number of aryl methyl sites for hydroxylation is 2. The predicted octanol–water partition coefficient (Wildman–Crippen LogP) is 2.54. The SMILES string of the molecule is Cc1nnc(Cl)n1CCc1cccs1. The maximum atomic E-state index is 5.88. The largest absolute Gasteiger partial charge is 0.302 e. The highest BCUT2D eigenvalue weighted by atomic mass is 35.5. The summed E-state index contributed by atoms with van der Waals surface area (Å²) < 4.78 is 1.92. The Morgan fingerprint density at radius 2 is 2.36 bits per heavy atom. The quantitative estimate of drug-likeness (QED) is 0.807. The van der Waals surface area contributed by atoms with Gasteiger partial charge in [0.05, 0.1) is 0 Å². The third kappa shape index (κ3) is 1.96. The summed E-state index contributed by atoms with van der Waals surface area (Å²) >= 11 is 7.64. The fourth-order valence-corrected chi connectivity index (χ4v) is 2.23. The van der Waals surface area contributed by atoms with Gasteiger partial charge in [0.2, 0.25) is 5.28 Å². The first-order chi connectivity index (χ1) is 6.77. The van der Waals surface area contributed by atoms with Crippen LogP contribution in [0.3, 0.4) is 0 Å². The molecule has 74 valence electrons. The van der Waals surface area contributed by atoms with Crippen molar-refractivity contribution < 1.29 is 0 Å². The third-order valence-electron chi connectivity index (χ3n) is 2.05. The van der Waals surface area contributed by atoms with Crippen LogP contribution in [0.2, 0.25) is 5.28 Å². The molecule has 0 aliphatic carbocycles. The standard InChI is InChI=1S/C9H10ClN3S/c1-7-11-12-9(10)13(7)5-4-8-3-2-6-14-8/h2-3,6H,4-5H2,1H3. The average Bonchev–Trinajstić information content (AvgIpc) is 2.76. The second-order valence-corrected chi connectivity index (χ2v) is 4.37. The Hall–Kier alpha value is -0.870. The van der Waals surface area contributed by atoms with Gasteiger partial charge in [-0.15, -0.1) is 21.5 Å². The molecule has 2 rings (SSSR count). The lowest BCUT2D eigenvalue weighted by atomic mass is 10.3. The van der Waals surface area contributed by atoms with Gasteiger partial charge in [0.15, 0.2) is 0 Å². The van der Waals surface area contributed by atoms with Crippen molar-refractivity contribution in [2.24, 2.45) is 0 Å². The highest BCUT2D eigenvalue weighted by molar-refractivity contribution is 7.09. The molecule has 0 N–H and O–H groups in total. The van der Waals surface area contributed by atoms with Gasteiger partial charge in [0.25, 0.3) is 0 Å². The van der Waals surface area contributed by atoms with Gasteiger partial charge in [-0.1, -0.05) is 6.07 Å². The Morgan fingerprint density at radius 3 is 2.93 bits per heavy atom. The van der Waals surface area contributed by atoms with Gasteiger partial charge >= 0.3 is 0 Å². The van der Waals surface area contributed by atoms with E-state index >= 15 is 0 Å². The van der Waals surface area contributed by atoms with Crippen LogP contribution in [0.25, 0.3) is 0 Å². The normalized spacial score (nSPS) is 10.7. The van der Waals surface area contributed by atoms with Gasteiger partial charge in [0.1, 0.15) is 5.82 Å². The van der Waals surface area contributed by atoms with Crippen LogP contribution in [-0.2, 0) is 13.0 Å². The Bertz CT molecular complexity index is 388. The van der Waals surface area contributed by atoms with Gasteiger partial charge in [-0.3, -0.25) is 0 Å². The van der Waals surface area contributed by atoms with Gasteiger partial charge in [-0.2, -0.15) is 0 Å². The highest BCUT2D eigenvalue weighted by Crippen LogP contribution is 2.13. The number of hydrogen-bond acceptors (Lipinski definition) is 3. The van der Waals surface area contributed by atoms with Crippen LogP contribution in [0.15, 0.2) is 17.5 Å². The fraction of sp³-hybridized carbons (Fsp3) is 0.333. The summed E-state index contributed by atoms with van der Waals surface area (Å²) in [5.74, 6) is 0.867. The van der Waals surface area contributed by atoms with E-state index in [1.807, 2.05) is 11.5 Å². The topological polar surface area (TPSA) is 30.7 Å². The maximum absolute atomic E-state index is 5.88. The Labute approximate surface area is 91.4 Å². The molecule has 3 nitrogen and oxygen atoms in total. The van der Waals surface area contributed by atoms with Crippen molar-refractivity contribution in [3.05, 3.63) is 33.5 Å². The lowest BCUT2D eigenvalue weighted by Gasteiger charge is -2.02. The zero-order chi connectivity index (χ0) is 9.97. The van der Waals surface area contributed by atoms with Gasteiger partial charge < -0.3 is 4.57 Å². The number of halogens is 1. The number of thiophene rings is 1. The van der Waals surface area contributed by atoms with Crippen molar-refractivity contribution in [3.63, 3.8) is 0 Å². The summed E-state index contributed by atoms with van der Waals surface area (Å²) in [5, 5.41) is 10.2. The van der Waals surface area contributed by atoms with E-state index in [0.717, 1.165) is 18.8 Å². The molecule has 2 heterocycles. The first-order valence-corrected chi connectivity index (χ1v) is 5.61. The van der Waals surface area contributed by atoms with Crippen molar-refractivity contribution in [2.45, 2.75) is 19.9 Å². The highest BCUT2D eigenvalue weighted by Gasteiger charge is 2.05. The molecule has 5 heteroatoms. The smallest absolute Gasteiger partial charge is 0.225 e. The van der Waals surface area contributed by atoms with E-state index in [0.29, 0.717) is 5.28 Å². The third-order valence-corrected chi connectivity index (χ3v) is 3.27. The van der Waals surface area contributed by atoms with Crippen molar-refractivity contribution in [1.82, 2.24) is 14.8 Å². The molecule has 14 heavy (non-hydrogen) atoms. The molecule has 2 aromatic rings. The monoisotopic (exact) mass is 227 g/mol. The summed E-state index contributed by atoms with van der Waals surface area (Å²) in [6.07, 6.45) is 0.982. The van der Waals surface area contributed by atoms with E-state index in [4.69, 9.17) is 11.6 Å². The lowest BCUT2D eigenvalue weighted by molar-refractivity contribution is 0.678. The minimum absolute atomic E-state index is 0.471. The second kappa shape index (κ2) is 4.11. The van der Waals surface area contributed by atoms with Crippen molar-refractivity contribution in [2.75, 3.05) is 0 Å². The van der Waals surface area contributed by atoms with Crippen molar-refractivity contribution in [1.29, 1.82) is 0 Å². The molecule has 0 bridgehead atoms. The Morgan fingerprint density at radius 1 is 1.50 bits per heavy atom. The summed E-state index contributed by atoms with van der Waals surface area (Å²) in [4.78, 5) is 1.36. The van der Waals surface area contributed by atoms with Crippen LogP contribution in [-0.4, -0.2) is 14.8 Å². The summed E-state index contributed by atoms with van der Waals surface area (Å²) in [6.45, 7) is 2.76. The lowest BCUT2D eigenvalue weighted by Crippen LogP contribution is -2.02. The molecule has 0 saturated heterocycles. The zero-order valence-corrected chi connectivity index (χ0v) is 9.35. The van der Waals surface area contributed by atoms with Gasteiger partial charge in [-0.25, -0.2) is 0 Å². The Kier molecular flexibility index (Phi) is 2.84. The molecule has 0 spiro atoms. The summed E-state index contributed by atoms with van der Waals surface area (Å²) in [5.41, 5.74) is 0. The maximum Gasteiger partial charge on any atom is 0.225 e. The van der Waals surface area contributed by atoms with E-state index < -0.39 is 0 Å². The summed E-state index contributed by atoms with van der Waals surface area (Å²) in [6, 6.07) is 4.18. The number of nitrogens with zero attached hydrogens (tertiary/aromatic N) is 3. The van der Waals surface area contributed by atoms with Crippen LogP contribution >= 0.6 is 22.9 Å². The fourth-order valence-electron chi connectivity index (χ4n) is 1.29. The van der Waals surface area contributed by atoms with Crippen LogP contribution in [0.4, 0.5) is 0 Å². The minimum atomic E-state index is 0.471. The molecular weight excluding hydrogens is 218 g/mol. The van der Waals surface area contributed by atoms with Gasteiger partial charge in [-0.05, 0) is 36.4 Å². The van der Waals surface area contributed by atoms with E-state index in [1.54, 1.807) is 11.3 Å². The molecule has 0 unspecified atom stereocenters. The molecule has 0 aliphatic rings. The molecule has 0 amide bonds. The van der Waals surface area contributed by atoms with Crippen LogP contribution < -0.4 is 0 Å². The van der Waals surface area contributed by atoms with Crippen molar-refractivity contribution in [3.8, 4) is 0 Å². The van der Waals surface area contributed by atoms with E-state index in [-0.39, 0.29) is 0 Å². The van der Waals surface area contributed by atoms with E-state index in [2.05, 4.69) is 27.7 Å². The molecule has 2 aromatic heterocycles. The molecule has 0 saturated carbocycles. The molecular formula is C9H10ClN3S. The van der Waals surface area contributed by atoms with Crippen LogP contribution in [0.1, 0.15) is 10.7 Å². The molecule has 0 aliphatic heterocycles. The van der Waals surface area contributed by atoms with Crippen LogP contribution in [0.5, 0.6) is 0 Å². The first-order valence-electron chi connectivity index (χ1n) is 4.35. The number of aromatic nitrogens is 3. The molecule has 0 fully saturated rings. The van der Waals surface area contributed by atoms with E-state index in [9.17, 15) is 0 Å². The minimum Gasteiger partial charge on any atom is -0.302 e.